The Hall–Kier alpha value is -1.19. The molecule has 0 saturated heterocycles. The predicted molar refractivity (Wildman–Crippen MR) is 84.2 cm³/mol. The van der Waals surface area contributed by atoms with Crippen LogP contribution in [0, 0.1) is 6.92 Å². The lowest BCUT2D eigenvalue weighted by Crippen LogP contribution is -2.01. The van der Waals surface area contributed by atoms with Crippen molar-refractivity contribution in [3.63, 3.8) is 0 Å². The number of ether oxygens (including phenoxy) is 1. The summed E-state index contributed by atoms with van der Waals surface area (Å²) in [4.78, 5) is 0. The van der Waals surface area contributed by atoms with Gasteiger partial charge in [-0.25, -0.2) is 0 Å². The molecular weight excluding hydrogens is 326 g/mol. The van der Waals surface area contributed by atoms with Crippen LogP contribution in [0.3, 0.4) is 0 Å². The van der Waals surface area contributed by atoms with Crippen LogP contribution in [0.25, 0.3) is 0 Å². The van der Waals surface area contributed by atoms with Gasteiger partial charge in [0.25, 0.3) is 0 Å². The summed E-state index contributed by atoms with van der Waals surface area (Å²) in [7, 11) is 1.66. The van der Waals surface area contributed by atoms with Crippen LogP contribution in [0.1, 0.15) is 11.1 Å². The molecule has 0 heterocycles. The lowest BCUT2D eigenvalue weighted by atomic mass is 10.2. The molecule has 0 spiro atoms. The van der Waals surface area contributed by atoms with Gasteiger partial charge >= 0.3 is 0 Å². The van der Waals surface area contributed by atoms with Gasteiger partial charge in [-0.15, -0.1) is 0 Å². The van der Waals surface area contributed by atoms with Crippen LogP contribution in [0.2, 0.25) is 5.02 Å². The summed E-state index contributed by atoms with van der Waals surface area (Å²) < 4.78 is 6.27. The molecule has 0 aliphatic heterocycles. The molecule has 0 aliphatic carbocycles. The fourth-order valence-electron chi connectivity index (χ4n) is 1.77. The lowest BCUT2D eigenvalue weighted by Gasteiger charge is -2.11. The minimum Gasteiger partial charge on any atom is -0.497 e. The molecule has 0 aliphatic rings. The van der Waals surface area contributed by atoms with Gasteiger partial charge in [-0.05, 0) is 48.4 Å². The molecule has 0 amide bonds. The van der Waals surface area contributed by atoms with Crippen molar-refractivity contribution in [1.29, 1.82) is 0 Å². The van der Waals surface area contributed by atoms with E-state index in [0.717, 1.165) is 32.1 Å². The van der Waals surface area contributed by atoms with Crippen LogP contribution in [0.15, 0.2) is 40.9 Å². The van der Waals surface area contributed by atoms with E-state index in [1.165, 1.54) is 0 Å². The summed E-state index contributed by atoms with van der Waals surface area (Å²) in [5.74, 6) is 0.843. The maximum Gasteiger partial charge on any atom is 0.119 e. The van der Waals surface area contributed by atoms with Crippen LogP contribution in [0.5, 0.6) is 5.75 Å². The molecule has 0 radical (unpaired) electrons. The Morgan fingerprint density at radius 1 is 1.21 bits per heavy atom. The first-order valence-electron chi connectivity index (χ1n) is 5.92. The molecule has 0 saturated carbocycles. The first-order valence-corrected chi connectivity index (χ1v) is 7.09. The zero-order valence-corrected chi connectivity index (χ0v) is 13.2. The van der Waals surface area contributed by atoms with Gasteiger partial charge in [-0.3, -0.25) is 0 Å². The molecule has 2 nitrogen and oxygen atoms in total. The van der Waals surface area contributed by atoms with Crippen LogP contribution in [-0.2, 0) is 6.54 Å². The van der Waals surface area contributed by atoms with Crippen molar-refractivity contribution in [3.8, 4) is 5.75 Å². The van der Waals surface area contributed by atoms with Gasteiger partial charge in [-0.1, -0.05) is 33.6 Å². The normalized spacial score (nSPS) is 10.3. The largest absolute Gasteiger partial charge is 0.497 e. The molecular formula is C15H15BrClNO. The van der Waals surface area contributed by atoms with Gasteiger partial charge in [-0.2, -0.15) is 0 Å². The molecule has 19 heavy (non-hydrogen) atoms. The molecule has 4 heteroatoms. The SMILES string of the molecule is COc1ccc(Br)c(CNc2ccc(C)cc2Cl)c1. The van der Waals surface area contributed by atoms with E-state index in [4.69, 9.17) is 16.3 Å². The van der Waals surface area contributed by atoms with Gasteiger partial charge in [0.2, 0.25) is 0 Å². The Labute approximate surface area is 126 Å². The molecule has 0 atom stereocenters. The van der Waals surface area contributed by atoms with Gasteiger partial charge < -0.3 is 10.1 Å². The minimum absolute atomic E-state index is 0.681. The smallest absolute Gasteiger partial charge is 0.119 e. The number of hydrogen-bond donors (Lipinski definition) is 1. The van der Waals surface area contributed by atoms with E-state index in [-0.39, 0.29) is 0 Å². The molecule has 2 rings (SSSR count). The monoisotopic (exact) mass is 339 g/mol. The van der Waals surface area contributed by atoms with Crippen LogP contribution in [0.4, 0.5) is 5.69 Å². The predicted octanol–water partition coefficient (Wildman–Crippen LogP) is 5.03. The van der Waals surface area contributed by atoms with Crippen LogP contribution >= 0.6 is 27.5 Å². The Kier molecular flexibility index (Phi) is 4.72. The first-order chi connectivity index (χ1) is 9.10. The molecule has 2 aromatic rings. The van der Waals surface area contributed by atoms with Gasteiger partial charge in [0.15, 0.2) is 0 Å². The van der Waals surface area contributed by atoms with Crippen molar-refractivity contribution in [2.75, 3.05) is 12.4 Å². The summed E-state index contributed by atoms with van der Waals surface area (Å²) in [5.41, 5.74) is 3.20. The molecule has 0 unspecified atom stereocenters. The molecule has 1 N–H and O–H groups in total. The highest BCUT2D eigenvalue weighted by atomic mass is 79.9. The molecule has 0 fully saturated rings. The summed E-state index contributed by atoms with van der Waals surface area (Å²) >= 11 is 9.73. The second-order valence-electron chi connectivity index (χ2n) is 4.29. The van der Waals surface area contributed by atoms with E-state index < -0.39 is 0 Å². The number of hydrogen-bond acceptors (Lipinski definition) is 2. The molecule has 0 bridgehead atoms. The Morgan fingerprint density at radius 2 is 2.00 bits per heavy atom. The number of aryl methyl sites for hydroxylation is 1. The van der Waals surface area contributed by atoms with E-state index in [2.05, 4.69) is 21.2 Å². The number of nitrogens with one attached hydrogen (secondary N) is 1. The Morgan fingerprint density at radius 3 is 2.68 bits per heavy atom. The van der Waals surface area contributed by atoms with Crippen molar-refractivity contribution < 1.29 is 4.74 Å². The number of anilines is 1. The highest BCUT2D eigenvalue weighted by molar-refractivity contribution is 9.10. The highest BCUT2D eigenvalue weighted by Crippen LogP contribution is 2.26. The number of methoxy groups -OCH3 is 1. The van der Waals surface area contributed by atoms with Gasteiger partial charge in [0.05, 0.1) is 17.8 Å². The Balaban J connectivity index is 2.14. The fraction of sp³-hybridized carbons (Fsp3) is 0.200. The molecule has 100 valence electrons. The third-order valence-corrected chi connectivity index (χ3v) is 3.93. The Bertz CT molecular complexity index is 586. The molecule has 0 aromatic heterocycles. The summed E-state index contributed by atoms with van der Waals surface area (Å²) in [5, 5.41) is 4.07. The summed E-state index contributed by atoms with van der Waals surface area (Å²) in [6, 6.07) is 11.9. The van der Waals surface area contributed by atoms with Gasteiger partial charge in [0, 0.05) is 11.0 Å². The average Bonchev–Trinajstić information content (AvgIpc) is 2.39. The van der Waals surface area contributed by atoms with E-state index in [1.54, 1.807) is 7.11 Å². The van der Waals surface area contributed by atoms with Crippen molar-refractivity contribution in [2.45, 2.75) is 13.5 Å². The quantitative estimate of drug-likeness (QED) is 0.842. The van der Waals surface area contributed by atoms with Crippen LogP contribution < -0.4 is 10.1 Å². The third-order valence-electron chi connectivity index (χ3n) is 2.85. The first kappa shape index (κ1) is 14.2. The average molecular weight is 341 g/mol. The lowest BCUT2D eigenvalue weighted by molar-refractivity contribution is 0.414. The summed E-state index contributed by atoms with van der Waals surface area (Å²) in [6.45, 7) is 2.70. The van der Waals surface area contributed by atoms with E-state index in [9.17, 15) is 0 Å². The number of halogens is 2. The molecule has 2 aromatic carbocycles. The highest BCUT2D eigenvalue weighted by Gasteiger charge is 2.04. The third kappa shape index (κ3) is 3.64. The zero-order chi connectivity index (χ0) is 13.8. The maximum absolute atomic E-state index is 6.20. The topological polar surface area (TPSA) is 21.3 Å². The van der Waals surface area contributed by atoms with Crippen molar-refractivity contribution in [2.24, 2.45) is 0 Å². The van der Waals surface area contributed by atoms with Crippen LogP contribution in [-0.4, -0.2) is 7.11 Å². The van der Waals surface area contributed by atoms with Crippen molar-refractivity contribution in [1.82, 2.24) is 0 Å². The fourth-order valence-corrected chi connectivity index (χ4v) is 2.46. The van der Waals surface area contributed by atoms with Gasteiger partial charge in [0.1, 0.15) is 5.75 Å². The number of rotatable bonds is 4. The van der Waals surface area contributed by atoms with Crippen molar-refractivity contribution in [3.05, 3.63) is 57.0 Å². The number of benzene rings is 2. The van der Waals surface area contributed by atoms with E-state index in [0.29, 0.717) is 6.54 Å². The maximum atomic E-state index is 6.20. The van der Waals surface area contributed by atoms with Crippen molar-refractivity contribution >= 4 is 33.2 Å². The summed E-state index contributed by atoms with van der Waals surface area (Å²) in [6.07, 6.45) is 0. The second-order valence-corrected chi connectivity index (χ2v) is 5.56. The van der Waals surface area contributed by atoms with E-state index in [1.807, 2.05) is 43.3 Å². The zero-order valence-electron chi connectivity index (χ0n) is 10.8. The van der Waals surface area contributed by atoms with E-state index >= 15 is 0 Å². The standard InChI is InChI=1S/C15H15BrClNO/c1-10-3-6-15(14(17)7-10)18-9-11-8-12(19-2)4-5-13(11)16/h3-8,18H,9H2,1-2H3. The minimum atomic E-state index is 0.681. The second kappa shape index (κ2) is 6.31.